The minimum atomic E-state index is -0.421. The maximum absolute atomic E-state index is 12.1. The molecule has 1 rings (SSSR count). The summed E-state index contributed by atoms with van der Waals surface area (Å²) in [6.07, 6.45) is 2.03. The molecule has 0 saturated carbocycles. The smallest absolute Gasteiger partial charge is 0.339 e. The molecule has 20 heavy (non-hydrogen) atoms. The topological polar surface area (TPSA) is 71.2 Å². The number of hydrogen-bond donors (Lipinski definition) is 2. The molecule has 1 amide bonds. The highest BCUT2D eigenvalue weighted by molar-refractivity contribution is 6.00. The molecule has 0 aliphatic rings. The van der Waals surface area contributed by atoms with Crippen LogP contribution >= 0.6 is 0 Å². The van der Waals surface area contributed by atoms with Crippen LogP contribution in [0, 0.1) is 19.8 Å². The first-order valence-electron chi connectivity index (χ1n) is 6.94. The molecular weight excluding hydrogens is 256 g/mol. The lowest BCUT2D eigenvalue weighted by Gasteiger charge is -2.06. The monoisotopic (exact) mass is 280 g/mol. The van der Waals surface area contributed by atoms with Gasteiger partial charge in [0.05, 0.1) is 12.7 Å². The molecular formula is C15H24N2O3. The highest BCUT2D eigenvalue weighted by Gasteiger charge is 2.22. The Morgan fingerprint density at radius 3 is 2.50 bits per heavy atom. The number of carbonyl (C=O) groups excluding carboxylic acids is 2. The van der Waals surface area contributed by atoms with Gasteiger partial charge in [0.25, 0.3) is 5.91 Å². The van der Waals surface area contributed by atoms with Crippen molar-refractivity contribution in [3.8, 4) is 0 Å². The van der Waals surface area contributed by atoms with Crippen LogP contribution in [-0.4, -0.2) is 30.5 Å². The average molecular weight is 280 g/mol. The Labute approximate surface area is 120 Å². The number of aromatic nitrogens is 1. The zero-order valence-electron chi connectivity index (χ0n) is 12.9. The van der Waals surface area contributed by atoms with Crippen LogP contribution in [0.1, 0.15) is 58.8 Å². The number of carbonyl (C=O) groups is 2. The molecule has 0 aromatic carbocycles. The van der Waals surface area contributed by atoms with Gasteiger partial charge in [-0.1, -0.05) is 13.8 Å². The number of hydrogen-bond acceptors (Lipinski definition) is 3. The van der Waals surface area contributed by atoms with E-state index in [-0.39, 0.29) is 5.91 Å². The van der Waals surface area contributed by atoms with Crippen molar-refractivity contribution in [2.45, 2.75) is 40.5 Å². The Hall–Kier alpha value is -1.78. The number of nitrogens with one attached hydrogen (secondary N) is 2. The summed E-state index contributed by atoms with van der Waals surface area (Å²) in [7, 11) is 1.33. The Morgan fingerprint density at radius 2 is 1.95 bits per heavy atom. The van der Waals surface area contributed by atoms with Gasteiger partial charge in [0, 0.05) is 12.2 Å². The number of H-pyrrole nitrogens is 1. The van der Waals surface area contributed by atoms with E-state index in [1.165, 1.54) is 7.11 Å². The SMILES string of the molecule is COC(=O)c1c(C)[nH]c(C(=O)NCCCC(C)C)c1C. The summed E-state index contributed by atoms with van der Waals surface area (Å²) in [6.45, 7) is 8.46. The fourth-order valence-corrected chi connectivity index (χ4v) is 2.19. The number of esters is 1. The van der Waals surface area contributed by atoms with E-state index in [0.29, 0.717) is 35.0 Å². The van der Waals surface area contributed by atoms with Gasteiger partial charge in [0.15, 0.2) is 0 Å². The second kappa shape index (κ2) is 7.12. The van der Waals surface area contributed by atoms with E-state index in [9.17, 15) is 9.59 Å². The third kappa shape index (κ3) is 3.85. The van der Waals surface area contributed by atoms with E-state index >= 15 is 0 Å². The van der Waals surface area contributed by atoms with E-state index in [0.717, 1.165) is 12.8 Å². The normalized spacial score (nSPS) is 10.7. The van der Waals surface area contributed by atoms with E-state index in [2.05, 4.69) is 24.1 Å². The first-order valence-corrected chi connectivity index (χ1v) is 6.94. The van der Waals surface area contributed by atoms with Crippen LogP contribution < -0.4 is 5.32 Å². The highest BCUT2D eigenvalue weighted by atomic mass is 16.5. The van der Waals surface area contributed by atoms with Gasteiger partial charge in [-0.2, -0.15) is 0 Å². The van der Waals surface area contributed by atoms with Crippen LogP contribution in [0.5, 0.6) is 0 Å². The van der Waals surface area contributed by atoms with E-state index in [1.54, 1.807) is 13.8 Å². The number of rotatable bonds is 6. The predicted octanol–water partition coefficient (Wildman–Crippen LogP) is 2.58. The van der Waals surface area contributed by atoms with Gasteiger partial charge in [-0.3, -0.25) is 4.79 Å². The molecule has 0 atom stereocenters. The Morgan fingerprint density at radius 1 is 1.30 bits per heavy atom. The second-order valence-electron chi connectivity index (χ2n) is 5.41. The van der Waals surface area contributed by atoms with Crippen LogP contribution in [0.4, 0.5) is 0 Å². The van der Waals surface area contributed by atoms with E-state index in [1.807, 2.05) is 0 Å². The van der Waals surface area contributed by atoms with Crippen molar-refractivity contribution in [3.63, 3.8) is 0 Å². The molecule has 0 saturated heterocycles. The Balaban J connectivity index is 2.72. The molecule has 5 heteroatoms. The molecule has 0 fully saturated rings. The lowest BCUT2D eigenvalue weighted by Crippen LogP contribution is -2.25. The van der Waals surface area contributed by atoms with Crippen LogP contribution in [0.2, 0.25) is 0 Å². The summed E-state index contributed by atoms with van der Waals surface area (Å²) >= 11 is 0. The van der Waals surface area contributed by atoms with Crippen molar-refractivity contribution in [2.75, 3.05) is 13.7 Å². The molecule has 2 N–H and O–H groups in total. The van der Waals surface area contributed by atoms with E-state index < -0.39 is 5.97 Å². The third-order valence-electron chi connectivity index (χ3n) is 3.30. The summed E-state index contributed by atoms with van der Waals surface area (Å²) in [4.78, 5) is 26.7. The first kappa shape index (κ1) is 16.3. The molecule has 0 unspecified atom stereocenters. The van der Waals surface area contributed by atoms with Crippen LogP contribution in [0.15, 0.2) is 0 Å². The molecule has 1 aromatic heterocycles. The predicted molar refractivity (Wildman–Crippen MR) is 78.0 cm³/mol. The van der Waals surface area contributed by atoms with Gasteiger partial charge in [0.2, 0.25) is 0 Å². The Bertz CT molecular complexity index is 490. The Kier molecular flexibility index (Phi) is 5.80. The maximum atomic E-state index is 12.1. The lowest BCUT2D eigenvalue weighted by molar-refractivity contribution is 0.0599. The summed E-state index contributed by atoms with van der Waals surface area (Å²) < 4.78 is 4.73. The summed E-state index contributed by atoms with van der Waals surface area (Å²) in [5.41, 5.74) is 2.17. The van der Waals surface area contributed by atoms with Crippen LogP contribution in [0.25, 0.3) is 0 Å². The summed E-state index contributed by atoms with van der Waals surface area (Å²) in [6, 6.07) is 0. The highest BCUT2D eigenvalue weighted by Crippen LogP contribution is 2.18. The van der Waals surface area contributed by atoms with Crippen molar-refractivity contribution < 1.29 is 14.3 Å². The zero-order chi connectivity index (χ0) is 15.3. The third-order valence-corrected chi connectivity index (χ3v) is 3.30. The van der Waals surface area contributed by atoms with Gasteiger partial charge >= 0.3 is 5.97 Å². The minimum Gasteiger partial charge on any atom is -0.465 e. The van der Waals surface area contributed by atoms with Crippen LogP contribution in [-0.2, 0) is 4.74 Å². The zero-order valence-corrected chi connectivity index (χ0v) is 12.9. The fourth-order valence-electron chi connectivity index (χ4n) is 2.19. The molecule has 1 heterocycles. The van der Waals surface area contributed by atoms with Crippen molar-refractivity contribution in [2.24, 2.45) is 5.92 Å². The molecule has 1 aromatic rings. The molecule has 0 aliphatic heterocycles. The number of amides is 1. The van der Waals surface area contributed by atoms with Crippen molar-refractivity contribution in [1.29, 1.82) is 0 Å². The minimum absolute atomic E-state index is 0.176. The molecule has 0 aliphatic carbocycles. The molecule has 0 spiro atoms. The van der Waals surface area contributed by atoms with Crippen molar-refractivity contribution >= 4 is 11.9 Å². The van der Waals surface area contributed by atoms with Crippen molar-refractivity contribution in [1.82, 2.24) is 10.3 Å². The molecule has 112 valence electrons. The van der Waals surface area contributed by atoms with E-state index in [4.69, 9.17) is 4.74 Å². The van der Waals surface area contributed by atoms with Gasteiger partial charge in [-0.05, 0) is 38.2 Å². The second-order valence-corrected chi connectivity index (χ2v) is 5.41. The standard InChI is InChI=1S/C15H24N2O3/c1-9(2)7-6-8-16-14(18)13-10(3)12(11(4)17-13)15(19)20-5/h9,17H,6-8H2,1-5H3,(H,16,18). The summed E-state index contributed by atoms with van der Waals surface area (Å²) in [5.74, 6) is 0.0342. The molecule has 0 radical (unpaired) electrons. The molecule has 0 bridgehead atoms. The van der Waals surface area contributed by atoms with Crippen LogP contribution in [0.3, 0.4) is 0 Å². The average Bonchev–Trinajstić information content (AvgIpc) is 2.69. The number of methoxy groups -OCH3 is 1. The van der Waals surface area contributed by atoms with Gasteiger partial charge < -0.3 is 15.0 Å². The summed E-state index contributed by atoms with van der Waals surface area (Å²) in [5, 5.41) is 2.87. The number of aryl methyl sites for hydroxylation is 1. The van der Waals surface area contributed by atoms with Gasteiger partial charge in [-0.25, -0.2) is 4.79 Å². The molecule has 5 nitrogen and oxygen atoms in total. The number of aromatic amines is 1. The van der Waals surface area contributed by atoms with Gasteiger partial charge in [-0.15, -0.1) is 0 Å². The lowest BCUT2D eigenvalue weighted by atomic mass is 10.1. The van der Waals surface area contributed by atoms with Gasteiger partial charge in [0.1, 0.15) is 5.69 Å². The largest absolute Gasteiger partial charge is 0.465 e. The fraction of sp³-hybridized carbons (Fsp3) is 0.600. The first-order chi connectivity index (χ1) is 9.38. The quantitative estimate of drug-likeness (QED) is 0.621. The van der Waals surface area contributed by atoms with Crippen molar-refractivity contribution in [3.05, 3.63) is 22.5 Å². The number of ether oxygens (including phenoxy) is 1. The maximum Gasteiger partial charge on any atom is 0.339 e.